The van der Waals surface area contributed by atoms with Crippen molar-refractivity contribution in [3.8, 4) is 67.3 Å². The third kappa shape index (κ3) is 17.0. The first-order chi connectivity index (χ1) is 55.8. The van der Waals surface area contributed by atoms with E-state index in [4.69, 9.17) is 19.6 Å². The summed E-state index contributed by atoms with van der Waals surface area (Å²) in [6, 6.07) is 22.0. The van der Waals surface area contributed by atoms with Crippen molar-refractivity contribution in [2.45, 2.75) is 222 Å². The first-order valence-electron chi connectivity index (χ1n) is 40.9. The minimum absolute atomic E-state index is 0.0493. The van der Waals surface area contributed by atoms with Crippen LogP contribution in [0.1, 0.15) is 201 Å². The lowest BCUT2D eigenvalue weighted by atomic mass is 9.76. The average Bonchev–Trinajstić information content (AvgIpc) is 1.29. The zero-order valence-electron chi connectivity index (χ0n) is 67.3. The summed E-state index contributed by atoms with van der Waals surface area (Å²) in [5.41, 5.74) is 18.6. The lowest BCUT2D eigenvalue weighted by Gasteiger charge is -2.29. The van der Waals surface area contributed by atoms with E-state index in [0.717, 1.165) is 88.8 Å². The topological polar surface area (TPSA) is 332 Å². The lowest BCUT2D eigenvalue weighted by Crippen LogP contribution is -2.51. The maximum Gasteiger partial charge on any atom is 0.407 e. The van der Waals surface area contributed by atoms with Crippen LogP contribution in [0.3, 0.4) is 0 Å². The molecule has 8 heterocycles. The van der Waals surface area contributed by atoms with Crippen LogP contribution in [0.25, 0.3) is 67.3 Å². The van der Waals surface area contributed by atoms with Gasteiger partial charge in [0.25, 0.3) is 0 Å². The van der Waals surface area contributed by atoms with Gasteiger partial charge in [-0.15, -0.1) is 0 Å². The van der Waals surface area contributed by atoms with Crippen molar-refractivity contribution < 1.29 is 65.6 Å². The molecule has 10 N–H and O–H groups in total. The zero-order chi connectivity index (χ0) is 82.0. The maximum atomic E-state index is 15.1. The fraction of sp³-hybridized carbons (Fsp3) is 0.517. The summed E-state index contributed by atoms with van der Waals surface area (Å²) < 4.78 is 71.3. The normalized spacial score (nSPS) is 22.9. The molecule has 2 saturated carbocycles. The number of halogens is 4. The molecule has 2 spiro atoms. The Bertz CT molecular complexity index is 4850. The molecule has 4 aromatic carbocycles. The van der Waals surface area contributed by atoms with Crippen LogP contribution in [0.15, 0.2) is 97.6 Å². The van der Waals surface area contributed by atoms with Crippen LogP contribution >= 0.6 is 0 Å². The zero-order valence-corrected chi connectivity index (χ0v) is 67.3. The van der Waals surface area contributed by atoms with Gasteiger partial charge in [0, 0.05) is 49.9 Å². The van der Waals surface area contributed by atoms with Crippen molar-refractivity contribution in [1.29, 1.82) is 0 Å². The van der Waals surface area contributed by atoms with Crippen LogP contribution in [-0.2, 0) is 52.3 Å². The first-order valence-corrected chi connectivity index (χ1v) is 40.9. The van der Waals surface area contributed by atoms with Crippen LogP contribution in [0.5, 0.6) is 0 Å². The number of carbonyl (C=O) groups excluding carboxylic acids is 5. The summed E-state index contributed by atoms with van der Waals surface area (Å²) in [6.45, 7) is 11.3. The smallest absolute Gasteiger partial charge is 0.407 e. The molecule has 0 bridgehead atoms. The minimum Gasteiger partial charge on any atom is -0.480 e. The number of carbonyl (C=O) groups is 6. The summed E-state index contributed by atoms with van der Waals surface area (Å²) in [7, 11) is 3.66. The van der Waals surface area contributed by atoms with Gasteiger partial charge in [-0.25, -0.2) is 56.7 Å². The first kappa shape index (κ1) is 82.1. The van der Waals surface area contributed by atoms with Crippen molar-refractivity contribution in [3.05, 3.63) is 143 Å². The van der Waals surface area contributed by atoms with E-state index < -0.39 is 79.1 Å². The molecular weight excluding hydrogens is 1490 g/mol. The van der Waals surface area contributed by atoms with E-state index in [9.17, 15) is 41.9 Å². The number of H-pyrrole nitrogens is 4. The van der Waals surface area contributed by atoms with Crippen LogP contribution in [0.4, 0.5) is 31.9 Å². The second-order valence-corrected chi connectivity index (χ2v) is 33.6. The summed E-state index contributed by atoms with van der Waals surface area (Å²) in [5.74, 6) is 0.140. The number of hydrogen-bond acceptors (Lipinski definition) is 15. The average molecular weight is 1600 g/mol. The number of fused-ring (bicyclic) bond motifs is 4. The number of benzene rings is 4. The van der Waals surface area contributed by atoms with E-state index in [1.807, 2.05) is 52.2 Å². The van der Waals surface area contributed by atoms with Gasteiger partial charge in [-0.05, 0) is 136 Å². The Hall–Kier alpha value is -10.4. The molecule has 4 aromatic heterocycles. The van der Waals surface area contributed by atoms with E-state index >= 15 is 4.39 Å². The highest BCUT2D eigenvalue weighted by Crippen LogP contribution is 2.57. The number of carboxylic acid groups (broad SMARTS) is 1. The summed E-state index contributed by atoms with van der Waals surface area (Å²) >= 11 is 0. The van der Waals surface area contributed by atoms with Gasteiger partial charge in [0.1, 0.15) is 66.1 Å². The number of alkyl halides is 4. The molecule has 0 radical (unpaired) electrons. The molecule has 0 unspecified atom stereocenters. The molecule has 11 atom stereocenters. The number of aromatic nitrogens is 8. The molecule has 116 heavy (non-hydrogen) atoms. The Balaban J connectivity index is 0.000000178. The van der Waals surface area contributed by atoms with Crippen molar-refractivity contribution in [2.75, 3.05) is 47.5 Å². The predicted octanol–water partition coefficient (Wildman–Crippen LogP) is 15.0. The Morgan fingerprint density at radius 3 is 1.11 bits per heavy atom. The minimum atomic E-state index is -1.23. The number of hydrogen-bond donors (Lipinski definition) is 10. The standard InChI is InChI=1S/C47H58F2N8O6.C33H36F2N6.C7H13NO4/c1-25(2)39(54-45(60)62-5)43(58)56-23-29(48)19-36(56)41-50-21-34(52-41)28-11-9-27(10-12-28)31-13-14-32(33-15-18-47(38(31)33)16-7-8-17-47)35-22-51-42(53-35)37-20-30(49)24-57(37)44(59)40(26(3)4)55-46(61)63-6;34-21-13-26(36-15-21)31-38-17-28(40-31)20-5-3-19(4-6-20)23-7-8-24(25-9-12-33(30(23)25)10-1-2-11-33)29-18-39-32(41-29)27-14-22(35)16-37-27;1-4(2)5(6(9)10)8-7(11)12-3/h9-14,21-22,25-26,29-30,36-37,39-40H,7-8,15-20,23-24H2,1-6H3,(H,50,52)(H,51,53)(H,54,60)(H,55,61);3-8,17-18,21-22,26-27,36-37H,1-2,9-16H2,(H,38,40)(H,39,41);4-5H,1-3H3,(H,8,11)(H,9,10)/t29-,30-,36-,37-,39-,40-;21-,22-,26-,27-;5-/m000/s1. The van der Waals surface area contributed by atoms with E-state index in [0.29, 0.717) is 37.6 Å². The molecule has 5 amide bonds. The van der Waals surface area contributed by atoms with E-state index in [2.05, 4.69) is 127 Å². The molecule has 6 fully saturated rings. The number of methoxy groups -OCH3 is 3. The summed E-state index contributed by atoms with van der Waals surface area (Å²) in [5, 5.41) is 22.5. The summed E-state index contributed by atoms with van der Waals surface area (Å²) in [4.78, 5) is 108. The fourth-order valence-corrected chi connectivity index (χ4v) is 19.2. The molecule has 16 rings (SSSR count). The van der Waals surface area contributed by atoms with Gasteiger partial charge >= 0.3 is 24.2 Å². The number of carboxylic acids is 1. The largest absolute Gasteiger partial charge is 0.480 e. The quantitative estimate of drug-likeness (QED) is 0.0266. The van der Waals surface area contributed by atoms with Crippen molar-refractivity contribution in [3.63, 3.8) is 0 Å². The van der Waals surface area contributed by atoms with Crippen LogP contribution < -0.4 is 26.6 Å². The molecule has 8 aliphatic rings. The van der Waals surface area contributed by atoms with E-state index in [1.54, 1.807) is 26.2 Å². The number of nitrogens with zero attached hydrogens (tertiary/aromatic N) is 6. The van der Waals surface area contributed by atoms with Gasteiger partial charge in [-0.1, -0.05) is 140 Å². The van der Waals surface area contributed by atoms with Gasteiger partial charge in [-0.2, -0.15) is 0 Å². The highest BCUT2D eigenvalue weighted by Gasteiger charge is 2.48. The van der Waals surface area contributed by atoms with Crippen molar-refractivity contribution >= 4 is 36.1 Å². The molecular formula is C87H107F4N15O10. The predicted molar refractivity (Wildman–Crippen MR) is 430 cm³/mol. The third-order valence-electron chi connectivity index (χ3n) is 25.2. The maximum absolute atomic E-state index is 15.1. The molecule has 4 aliphatic heterocycles. The van der Waals surface area contributed by atoms with E-state index in [-0.39, 0.29) is 78.4 Å². The molecule has 29 heteroatoms. The monoisotopic (exact) mass is 1600 g/mol. The van der Waals surface area contributed by atoms with Crippen LogP contribution in [0.2, 0.25) is 0 Å². The number of ether oxygens (including phenoxy) is 3. The SMILES string of the molecule is COC(=O)N[C@H](C(=O)N1C[C@@H](F)C[C@H]1c1ncc(-c2ccc(-c3ccc(-c4cnc([C@@H]5C[C@H](F)CN5C(=O)[C@@H](NC(=O)OC)C(C)C)[nH]4)c4c3C3(CCCC3)CC4)cc2)[nH]1)C(C)C.COC(=O)N[C@H](C(=O)O)C(C)C.F[C@@H]1CN[C@H](c2ncc(-c3ccc(-c4ccc(-c5cnc([C@@H]6C[C@H](F)CN6)[nH]5)c5c4C4(CCCC4)CC5)cc3)[nH]2)C1. The highest BCUT2D eigenvalue weighted by atomic mass is 19.1. The number of aliphatic carboxylic acids is 1. The lowest BCUT2D eigenvalue weighted by molar-refractivity contribution is -0.140. The Kier molecular flexibility index (Phi) is 24.6. The summed E-state index contributed by atoms with van der Waals surface area (Å²) in [6.07, 6.45) is 16.0. The van der Waals surface area contributed by atoms with Gasteiger partial charge in [0.15, 0.2) is 0 Å². The number of nitrogens with one attached hydrogen (secondary N) is 9. The number of amides is 5. The fourth-order valence-electron chi connectivity index (χ4n) is 19.2. The van der Waals surface area contributed by atoms with Crippen molar-refractivity contribution in [2.24, 2.45) is 17.8 Å². The molecule has 618 valence electrons. The number of rotatable bonds is 19. The molecule has 4 aliphatic carbocycles. The Morgan fingerprint density at radius 1 is 0.431 bits per heavy atom. The number of alkyl carbamates (subject to hydrolysis) is 3. The number of imidazole rings is 4. The highest BCUT2D eigenvalue weighted by molar-refractivity contribution is 5.88. The van der Waals surface area contributed by atoms with Crippen LogP contribution in [-0.4, -0.2) is 181 Å². The van der Waals surface area contributed by atoms with Gasteiger partial charge in [0.05, 0.1) is 106 Å². The Morgan fingerprint density at radius 2 is 0.759 bits per heavy atom. The van der Waals surface area contributed by atoms with Crippen molar-refractivity contribution in [1.82, 2.24) is 76.3 Å². The number of aromatic amines is 4. The second-order valence-electron chi connectivity index (χ2n) is 33.6. The van der Waals surface area contributed by atoms with Gasteiger partial charge in [0.2, 0.25) is 11.8 Å². The van der Waals surface area contributed by atoms with E-state index in [1.165, 1.54) is 121 Å². The van der Waals surface area contributed by atoms with Crippen LogP contribution in [0, 0.1) is 17.8 Å². The third-order valence-corrected chi connectivity index (χ3v) is 25.2. The van der Waals surface area contributed by atoms with Gasteiger partial charge < -0.3 is 75.6 Å². The Labute approximate surface area is 672 Å². The molecule has 25 nitrogen and oxygen atoms in total. The molecule has 4 saturated heterocycles. The molecule has 8 aromatic rings. The number of likely N-dealkylation sites (tertiary alicyclic amines) is 2. The van der Waals surface area contributed by atoms with Gasteiger partial charge in [-0.3, -0.25) is 9.59 Å². The second kappa shape index (κ2) is 34.8.